The molecule has 0 saturated carbocycles. The molecule has 4 nitrogen and oxygen atoms in total. The molecule has 13 heavy (non-hydrogen) atoms. The number of carbonyl (C=O) groups is 1. The van der Waals surface area contributed by atoms with E-state index in [2.05, 4.69) is 15.3 Å². The van der Waals surface area contributed by atoms with Crippen LogP contribution in [0, 0.1) is 0 Å². The molecule has 0 atom stereocenters. The molecule has 66 valence electrons. The fourth-order valence-corrected chi connectivity index (χ4v) is 1.28. The Morgan fingerprint density at radius 1 is 1.31 bits per heavy atom. The van der Waals surface area contributed by atoms with Gasteiger partial charge in [-0.1, -0.05) is 12.1 Å². The molecule has 1 aliphatic heterocycles. The van der Waals surface area contributed by atoms with Gasteiger partial charge in [-0.2, -0.15) is 0 Å². The largest absolute Gasteiger partial charge is 0.355 e. The minimum absolute atomic E-state index is 0.150. The molecular weight excluding hydrogens is 166 g/mol. The van der Waals surface area contributed by atoms with E-state index in [1.54, 1.807) is 0 Å². The van der Waals surface area contributed by atoms with Crippen molar-refractivity contribution in [3.05, 3.63) is 35.0 Å². The van der Waals surface area contributed by atoms with Crippen LogP contribution in [0.3, 0.4) is 0 Å². The van der Waals surface area contributed by atoms with Crippen molar-refractivity contribution in [2.75, 3.05) is 6.54 Å². The van der Waals surface area contributed by atoms with Gasteiger partial charge in [-0.05, 0) is 12.1 Å². The van der Waals surface area contributed by atoms with E-state index >= 15 is 0 Å². The zero-order valence-electron chi connectivity index (χ0n) is 6.97. The first-order valence-corrected chi connectivity index (χ1v) is 4.08. The highest BCUT2D eigenvalue weighted by atomic mass is 16.1. The molecule has 0 radical (unpaired) electrons. The van der Waals surface area contributed by atoms with Gasteiger partial charge >= 0.3 is 0 Å². The minimum Gasteiger partial charge on any atom is -0.355 e. The van der Waals surface area contributed by atoms with Crippen molar-refractivity contribution in [2.24, 2.45) is 9.98 Å². The standard InChI is InChI=1S/C9H9N3O/c13-6-10-5-9-11-7-3-1-2-4-8(7)12-9/h1-4,6,9H,5H2,(H,10,13). The number of amides is 1. The Bertz CT molecular complexity index is 392. The molecule has 1 heterocycles. The zero-order valence-corrected chi connectivity index (χ0v) is 6.97. The van der Waals surface area contributed by atoms with Crippen molar-refractivity contribution in [3.63, 3.8) is 0 Å². The van der Waals surface area contributed by atoms with Crippen LogP contribution in [0.1, 0.15) is 0 Å². The number of rotatable bonds is 3. The summed E-state index contributed by atoms with van der Waals surface area (Å²) in [7, 11) is 0. The van der Waals surface area contributed by atoms with Crippen LogP contribution in [0.5, 0.6) is 0 Å². The molecule has 1 amide bonds. The van der Waals surface area contributed by atoms with Crippen LogP contribution in [-0.2, 0) is 4.79 Å². The van der Waals surface area contributed by atoms with Gasteiger partial charge < -0.3 is 5.32 Å². The number of fused-ring (bicyclic) bond motifs is 1. The number of nitrogens with one attached hydrogen (secondary N) is 1. The Kier molecular flexibility index (Phi) is 2.04. The van der Waals surface area contributed by atoms with E-state index in [9.17, 15) is 4.79 Å². The van der Waals surface area contributed by atoms with Crippen molar-refractivity contribution in [1.82, 2.24) is 5.32 Å². The van der Waals surface area contributed by atoms with Gasteiger partial charge in [0, 0.05) is 0 Å². The quantitative estimate of drug-likeness (QED) is 0.589. The maximum atomic E-state index is 10.0. The molecule has 0 saturated heterocycles. The fourth-order valence-electron chi connectivity index (χ4n) is 1.28. The number of nitrogens with zero attached hydrogens (tertiary/aromatic N) is 2. The monoisotopic (exact) mass is 175 g/mol. The average molecular weight is 175 g/mol. The summed E-state index contributed by atoms with van der Waals surface area (Å²) in [5.41, 5.74) is 0. The van der Waals surface area contributed by atoms with Crippen molar-refractivity contribution in [1.29, 1.82) is 0 Å². The number of benzene rings is 1. The normalized spacial score (nSPS) is 14.2. The molecule has 0 fully saturated rings. The predicted molar refractivity (Wildman–Crippen MR) is 46.6 cm³/mol. The van der Waals surface area contributed by atoms with Crippen LogP contribution >= 0.6 is 0 Å². The Hall–Kier alpha value is -1.71. The van der Waals surface area contributed by atoms with E-state index in [0.29, 0.717) is 13.0 Å². The average Bonchev–Trinajstić information content (AvgIpc) is 2.57. The number of para-hydroxylation sites is 2. The van der Waals surface area contributed by atoms with Crippen molar-refractivity contribution < 1.29 is 4.79 Å². The second-order valence-corrected chi connectivity index (χ2v) is 2.75. The Morgan fingerprint density at radius 2 is 1.92 bits per heavy atom. The third-order valence-electron chi connectivity index (χ3n) is 1.84. The van der Waals surface area contributed by atoms with E-state index in [1.807, 2.05) is 24.3 Å². The van der Waals surface area contributed by atoms with Crippen molar-refractivity contribution in [2.45, 2.75) is 6.17 Å². The van der Waals surface area contributed by atoms with Gasteiger partial charge in [-0.25, -0.2) is 0 Å². The summed E-state index contributed by atoms with van der Waals surface area (Å²) in [5, 5.41) is 4.36. The molecule has 0 aromatic heterocycles. The summed E-state index contributed by atoms with van der Waals surface area (Å²) >= 11 is 0. The maximum absolute atomic E-state index is 10.0. The zero-order chi connectivity index (χ0) is 9.10. The molecule has 0 unspecified atom stereocenters. The van der Waals surface area contributed by atoms with Gasteiger partial charge in [0.15, 0.2) is 6.17 Å². The van der Waals surface area contributed by atoms with E-state index in [0.717, 1.165) is 10.7 Å². The molecule has 2 rings (SSSR count). The van der Waals surface area contributed by atoms with Gasteiger partial charge in [-0.3, -0.25) is 14.8 Å². The number of carbonyl (C=O) groups excluding carboxylic acids is 1. The van der Waals surface area contributed by atoms with Crippen LogP contribution in [0.15, 0.2) is 34.3 Å². The van der Waals surface area contributed by atoms with E-state index < -0.39 is 0 Å². The lowest BCUT2D eigenvalue weighted by atomic mass is 10.3. The Morgan fingerprint density at radius 3 is 2.46 bits per heavy atom. The first kappa shape index (κ1) is 7.91. The molecule has 0 aliphatic carbocycles. The highest BCUT2D eigenvalue weighted by Crippen LogP contribution is 1.92. The summed E-state index contributed by atoms with van der Waals surface area (Å²) in [4.78, 5) is 18.6. The molecule has 0 spiro atoms. The second kappa shape index (κ2) is 3.35. The topological polar surface area (TPSA) is 53.8 Å². The first-order valence-electron chi connectivity index (χ1n) is 4.08. The lowest BCUT2D eigenvalue weighted by Gasteiger charge is -2.00. The van der Waals surface area contributed by atoms with Gasteiger partial charge in [-0.15, -0.1) is 0 Å². The molecular formula is C9H9N3O. The summed E-state index contributed by atoms with van der Waals surface area (Å²) in [6.07, 6.45) is 0.510. The molecule has 1 aromatic rings. The van der Waals surface area contributed by atoms with E-state index in [-0.39, 0.29) is 6.17 Å². The van der Waals surface area contributed by atoms with Gasteiger partial charge in [0.05, 0.1) is 17.3 Å². The number of hydrogen-bond donors (Lipinski definition) is 1. The third-order valence-corrected chi connectivity index (χ3v) is 1.84. The van der Waals surface area contributed by atoms with Gasteiger partial charge in [0.2, 0.25) is 6.41 Å². The molecule has 1 aliphatic rings. The maximum Gasteiger partial charge on any atom is 0.207 e. The molecule has 4 heteroatoms. The van der Waals surface area contributed by atoms with Gasteiger partial charge in [0.1, 0.15) is 0 Å². The third kappa shape index (κ3) is 1.56. The molecule has 1 aromatic carbocycles. The predicted octanol–water partition coefficient (Wildman–Crippen LogP) is -0.988. The molecule has 1 N–H and O–H groups in total. The first-order chi connectivity index (χ1) is 6.40. The van der Waals surface area contributed by atoms with Crippen molar-refractivity contribution >= 4 is 6.41 Å². The van der Waals surface area contributed by atoms with Crippen LogP contribution in [0.4, 0.5) is 0 Å². The highest BCUT2D eigenvalue weighted by molar-refractivity contribution is 5.45. The Labute approximate surface area is 75.0 Å². The smallest absolute Gasteiger partial charge is 0.207 e. The lowest BCUT2D eigenvalue weighted by molar-refractivity contribution is -0.109. The van der Waals surface area contributed by atoms with Crippen LogP contribution in [0.2, 0.25) is 0 Å². The Balaban J connectivity index is 2.25. The summed E-state index contributed by atoms with van der Waals surface area (Å²) < 4.78 is 0. The lowest BCUT2D eigenvalue weighted by Crippen LogP contribution is -2.22. The van der Waals surface area contributed by atoms with Crippen molar-refractivity contribution in [3.8, 4) is 0 Å². The summed E-state index contributed by atoms with van der Waals surface area (Å²) in [5.74, 6) is 0. The van der Waals surface area contributed by atoms with Crippen LogP contribution in [0.25, 0.3) is 0 Å². The SMILES string of the molecule is O=CNCC1N=c2ccccc2=N1. The number of hydrogen-bond acceptors (Lipinski definition) is 3. The van der Waals surface area contributed by atoms with E-state index in [1.165, 1.54) is 0 Å². The fraction of sp³-hybridized carbons (Fsp3) is 0.222. The summed E-state index contributed by atoms with van der Waals surface area (Å²) in [6.45, 7) is 0.470. The van der Waals surface area contributed by atoms with Gasteiger partial charge in [0.25, 0.3) is 0 Å². The van der Waals surface area contributed by atoms with Crippen LogP contribution < -0.4 is 16.0 Å². The minimum atomic E-state index is -0.150. The molecule has 0 bridgehead atoms. The highest BCUT2D eigenvalue weighted by Gasteiger charge is 2.07. The van der Waals surface area contributed by atoms with E-state index in [4.69, 9.17) is 0 Å². The second-order valence-electron chi connectivity index (χ2n) is 2.75. The summed E-state index contributed by atoms with van der Waals surface area (Å²) in [6, 6.07) is 7.68. The van der Waals surface area contributed by atoms with Crippen LogP contribution in [-0.4, -0.2) is 19.1 Å².